The lowest BCUT2D eigenvalue weighted by molar-refractivity contribution is 0.0688. The standard InChI is InChI=1S/C12H16BBrN2O2/c1-13(18)16-8-6-15(7-9-16)12(17)10-2-4-11(14)5-3-10/h2-5,18H,6-9H2,1H3. The smallest absolute Gasteiger partial charge is 0.376 e. The van der Waals surface area contributed by atoms with Gasteiger partial charge in [0.2, 0.25) is 0 Å². The van der Waals surface area contributed by atoms with Crippen LogP contribution in [0, 0.1) is 0 Å². The fourth-order valence-corrected chi connectivity index (χ4v) is 2.34. The molecule has 1 N–H and O–H groups in total. The van der Waals surface area contributed by atoms with E-state index in [1.54, 1.807) is 6.82 Å². The summed E-state index contributed by atoms with van der Waals surface area (Å²) in [6.07, 6.45) is 0. The molecular weight excluding hydrogens is 295 g/mol. The maximum atomic E-state index is 12.2. The molecule has 6 heteroatoms. The van der Waals surface area contributed by atoms with Crippen LogP contribution in [-0.4, -0.2) is 53.9 Å². The van der Waals surface area contributed by atoms with E-state index in [0.717, 1.165) is 17.6 Å². The average molecular weight is 311 g/mol. The zero-order valence-electron chi connectivity index (χ0n) is 10.3. The van der Waals surface area contributed by atoms with Crippen LogP contribution in [0.5, 0.6) is 0 Å². The fourth-order valence-electron chi connectivity index (χ4n) is 2.07. The molecule has 0 bridgehead atoms. The van der Waals surface area contributed by atoms with Crippen LogP contribution in [0.15, 0.2) is 28.7 Å². The summed E-state index contributed by atoms with van der Waals surface area (Å²) >= 11 is 3.36. The van der Waals surface area contributed by atoms with Gasteiger partial charge in [0.25, 0.3) is 5.91 Å². The highest BCUT2D eigenvalue weighted by atomic mass is 79.9. The van der Waals surface area contributed by atoms with Crippen molar-refractivity contribution in [2.75, 3.05) is 26.2 Å². The number of amides is 1. The Bertz CT molecular complexity index is 417. The van der Waals surface area contributed by atoms with Gasteiger partial charge >= 0.3 is 7.05 Å². The quantitative estimate of drug-likeness (QED) is 0.838. The highest BCUT2D eigenvalue weighted by Gasteiger charge is 2.25. The third-order valence-corrected chi connectivity index (χ3v) is 3.75. The Labute approximate surface area is 116 Å². The Morgan fingerprint density at radius 3 is 2.28 bits per heavy atom. The largest absolute Gasteiger partial charge is 0.437 e. The molecule has 1 aliphatic rings. The molecule has 4 nitrogen and oxygen atoms in total. The van der Waals surface area contributed by atoms with E-state index in [-0.39, 0.29) is 5.91 Å². The molecule has 0 saturated carbocycles. The van der Waals surface area contributed by atoms with Crippen molar-refractivity contribution in [2.45, 2.75) is 6.82 Å². The van der Waals surface area contributed by atoms with E-state index in [1.807, 2.05) is 34.0 Å². The van der Waals surface area contributed by atoms with Gasteiger partial charge in [0.1, 0.15) is 0 Å². The van der Waals surface area contributed by atoms with E-state index in [4.69, 9.17) is 0 Å². The Balaban J connectivity index is 1.97. The summed E-state index contributed by atoms with van der Waals surface area (Å²) in [4.78, 5) is 16.0. The first kappa shape index (κ1) is 13.6. The molecule has 1 aliphatic heterocycles. The van der Waals surface area contributed by atoms with E-state index < -0.39 is 7.05 Å². The summed E-state index contributed by atoms with van der Waals surface area (Å²) in [5.41, 5.74) is 0.712. The van der Waals surface area contributed by atoms with E-state index in [2.05, 4.69) is 15.9 Å². The van der Waals surface area contributed by atoms with Crippen LogP contribution in [0.3, 0.4) is 0 Å². The minimum absolute atomic E-state index is 0.0627. The third-order valence-electron chi connectivity index (χ3n) is 3.22. The molecule has 0 spiro atoms. The van der Waals surface area contributed by atoms with Gasteiger partial charge in [-0.2, -0.15) is 0 Å². The Morgan fingerprint density at radius 1 is 1.22 bits per heavy atom. The molecular formula is C12H16BBrN2O2. The van der Waals surface area contributed by atoms with Crippen LogP contribution in [0.1, 0.15) is 10.4 Å². The lowest BCUT2D eigenvalue weighted by Crippen LogP contribution is -2.52. The van der Waals surface area contributed by atoms with Crippen LogP contribution in [0.4, 0.5) is 0 Å². The molecule has 1 amide bonds. The van der Waals surface area contributed by atoms with Crippen molar-refractivity contribution in [3.63, 3.8) is 0 Å². The summed E-state index contributed by atoms with van der Waals surface area (Å²) in [7, 11) is -0.435. The van der Waals surface area contributed by atoms with E-state index in [0.29, 0.717) is 18.7 Å². The maximum Gasteiger partial charge on any atom is 0.376 e. The molecule has 1 aromatic rings. The molecule has 0 aliphatic carbocycles. The highest BCUT2D eigenvalue weighted by molar-refractivity contribution is 9.10. The third kappa shape index (κ3) is 3.13. The molecule has 1 fully saturated rings. The minimum Gasteiger partial charge on any atom is -0.437 e. The van der Waals surface area contributed by atoms with Crippen molar-refractivity contribution < 1.29 is 9.82 Å². The number of benzene rings is 1. The summed E-state index contributed by atoms with van der Waals surface area (Å²) in [6, 6.07) is 7.40. The molecule has 1 aromatic carbocycles. The second kappa shape index (κ2) is 5.86. The van der Waals surface area contributed by atoms with Gasteiger partial charge < -0.3 is 14.7 Å². The van der Waals surface area contributed by atoms with Crippen LogP contribution in [-0.2, 0) is 0 Å². The zero-order chi connectivity index (χ0) is 13.1. The average Bonchev–Trinajstić information content (AvgIpc) is 2.39. The second-order valence-electron chi connectivity index (χ2n) is 4.47. The predicted octanol–water partition coefficient (Wildman–Crippen LogP) is 1.32. The van der Waals surface area contributed by atoms with Gasteiger partial charge in [-0.3, -0.25) is 4.79 Å². The summed E-state index contributed by atoms with van der Waals surface area (Å²) in [5, 5.41) is 9.47. The zero-order valence-corrected chi connectivity index (χ0v) is 11.9. The van der Waals surface area contributed by atoms with Crippen molar-refractivity contribution in [1.82, 2.24) is 9.71 Å². The predicted molar refractivity (Wildman–Crippen MR) is 75.5 cm³/mol. The topological polar surface area (TPSA) is 43.8 Å². The number of nitrogens with zero attached hydrogens (tertiary/aromatic N) is 2. The van der Waals surface area contributed by atoms with Crippen LogP contribution >= 0.6 is 15.9 Å². The summed E-state index contributed by atoms with van der Waals surface area (Å²) in [6.45, 7) is 4.53. The lowest BCUT2D eigenvalue weighted by Gasteiger charge is -2.35. The van der Waals surface area contributed by atoms with Crippen LogP contribution in [0.25, 0.3) is 0 Å². The molecule has 1 heterocycles. The van der Waals surface area contributed by atoms with Crippen molar-refractivity contribution in [2.24, 2.45) is 0 Å². The Kier molecular flexibility index (Phi) is 4.42. The first-order valence-corrected chi connectivity index (χ1v) is 6.84. The number of hydrogen-bond acceptors (Lipinski definition) is 3. The van der Waals surface area contributed by atoms with Crippen LogP contribution in [0.2, 0.25) is 6.82 Å². The molecule has 0 unspecified atom stereocenters. The number of halogens is 1. The molecule has 0 aromatic heterocycles. The molecule has 0 atom stereocenters. The van der Waals surface area contributed by atoms with Gasteiger partial charge in [0.15, 0.2) is 0 Å². The number of rotatable bonds is 2. The van der Waals surface area contributed by atoms with Crippen LogP contribution < -0.4 is 0 Å². The van der Waals surface area contributed by atoms with E-state index in [1.165, 1.54) is 0 Å². The summed E-state index contributed by atoms with van der Waals surface area (Å²) in [5.74, 6) is 0.0627. The molecule has 1 saturated heterocycles. The Morgan fingerprint density at radius 2 is 1.78 bits per heavy atom. The second-order valence-corrected chi connectivity index (χ2v) is 5.38. The number of carbonyl (C=O) groups excluding carboxylic acids is 1. The lowest BCUT2D eigenvalue weighted by atomic mass is 9.84. The first-order chi connectivity index (χ1) is 8.58. The molecule has 2 rings (SSSR count). The highest BCUT2D eigenvalue weighted by Crippen LogP contribution is 2.13. The summed E-state index contributed by atoms with van der Waals surface area (Å²) < 4.78 is 0.970. The fraction of sp³-hybridized carbons (Fsp3) is 0.417. The number of carbonyl (C=O) groups is 1. The monoisotopic (exact) mass is 310 g/mol. The molecule has 0 radical (unpaired) electrons. The maximum absolute atomic E-state index is 12.2. The van der Waals surface area contributed by atoms with Gasteiger partial charge in [0.05, 0.1) is 0 Å². The van der Waals surface area contributed by atoms with Gasteiger partial charge in [-0.1, -0.05) is 15.9 Å². The SMILES string of the molecule is CB(O)N1CCN(C(=O)c2ccc(Br)cc2)CC1. The van der Waals surface area contributed by atoms with Crippen molar-refractivity contribution in [1.29, 1.82) is 0 Å². The van der Waals surface area contributed by atoms with Crippen molar-refractivity contribution in [3.8, 4) is 0 Å². The van der Waals surface area contributed by atoms with Crippen molar-refractivity contribution >= 4 is 28.9 Å². The van der Waals surface area contributed by atoms with E-state index in [9.17, 15) is 9.82 Å². The normalized spacial score (nSPS) is 16.7. The number of hydrogen-bond donors (Lipinski definition) is 1. The van der Waals surface area contributed by atoms with Gasteiger partial charge in [0, 0.05) is 36.2 Å². The van der Waals surface area contributed by atoms with Gasteiger partial charge in [-0.15, -0.1) is 0 Å². The van der Waals surface area contributed by atoms with Crippen molar-refractivity contribution in [3.05, 3.63) is 34.3 Å². The Hall–Kier alpha value is -0.845. The van der Waals surface area contributed by atoms with Gasteiger partial charge in [-0.25, -0.2) is 0 Å². The first-order valence-electron chi connectivity index (χ1n) is 6.05. The number of piperazine rings is 1. The van der Waals surface area contributed by atoms with Gasteiger partial charge in [-0.05, 0) is 31.1 Å². The molecule has 96 valence electrons. The minimum atomic E-state index is -0.435. The van der Waals surface area contributed by atoms with E-state index >= 15 is 0 Å². The molecule has 18 heavy (non-hydrogen) atoms.